The predicted octanol–water partition coefficient (Wildman–Crippen LogP) is 1.90. The number of fused-ring (bicyclic) bond motifs is 1. The number of likely N-dealkylation sites (tertiary alicyclic amines) is 1. The molecule has 4 aliphatic rings. The van der Waals surface area contributed by atoms with E-state index in [9.17, 15) is 28.8 Å². The zero-order chi connectivity index (χ0) is 32.3. The van der Waals surface area contributed by atoms with Gasteiger partial charge in [-0.2, -0.15) is 0 Å². The van der Waals surface area contributed by atoms with Gasteiger partial charge in [-0.25, -0.2) is 4.79 Å². The van der Waals surface area contributed by atoms with Crippen LogP contribution in [0.3, 0.4) is 0 Å². The number of imide groups is 2. The molecule has 4 heterocycles. The summed E-state index contributed by atoms with van der Waals surface area (Å²) in [4.78, 5) is 82.8. The van der Waals surface area contributed by atoms with Crippen molar-refractivity contribution in [2.24, 2.45) is 0 Å². The highest BCUT2D eigenvalue weighted by atomic mass is 16.6. The Morgan fingerprint density at radius 1 is 0.933 bits per heavy atom. The Balaban J connectivity index is 1.03. The number of hydrogen-bond donors (Lipinski definition) is 2. The number of alkyl carbamates (subject to hydrolysis) is 1. The molecule has 0 aliphatic carbocycles. The average Bonchev–Trinajstić information content (AvgIpc) is 3.24. The molecule has 6 amide bonds. The van der Waals surface area contributed by atoms with E-state index in [0.29, 0.717) is 56.7 Å². The molecule has 5 rings (SSSR count). The van der Waals surface area contributed by atoms with Crippen LogP contribution in [0.4, 0.5) is 10.5 Å². The number of hydrogen-bond acceptors (Lipinski definition) is 9. The summed E-state index contributed by atoms with van der Waals surface area (Å²) >= 11 is 0. The Morgan fingerprint density at radius 2 is 1.64 bits per heavy atom. The number of anilines is 1. The number of amides is 6. The van der Waals surface area contributed by atoms with E-state index in [1.165, 1.54) is 0 Å². The van der Waals surface area contributed by atoms with E-state index in [1.807, 2.05) is 31.7 Å². The summed E-state index contributed by atoms with van der Waals surface area (Å²) in [5.41, 5.74) is 0.763. The lowest BCUT2D eigenvalue weighted by Crippen LogP contribution is -2.54. The van der Waals surface area contributed by atoms with Crippen molar-refractivity contribution in [3.8, 4) is 0 Å². The van der Waals surface area contributed by atoms with Crippen molar-refractivity contribution in [2.75, 3.05) is 50.7 Å². The smallest absolute Gasteiger partial charge is 0.407 e. The Morgan fingerprint density at radius 3 is 2.31 bits per heavy atom. The number of ether oxygens (including phenoxy) is 1. The molecule has 1 aromatic carbocycles. The van der Waals surface area contributed by atoms with Crippen LogP contribution in [-0.4, -0.2) is 114 Å². The molecule has 3 saturated heterocycles. The topological polar surface area (TPSA) is 149 Å². The van der Waals surface area contributed by atoms with Crippen LogP contribution in [-0.2, 0) is 19.1 Å². The number of nitrogens with one attached hydrogen (secondary N) is 2. The van der Waals surface area contributed by atoms with Crippen LogP contribution in [0.25, 0.3) is 0 Å². The van der Waals surface area contributed by atoms with E-state index in [2.05, 4.69) is 20.4 Å². The molecule has 3 fully saturated rings. The molecular formula is C32H44N6O7. The van der Waals surface area contributed by atoms with E-state index < -0.39 is 41.4 Å². The second-order valence-corrected chi connectivity index (χ2v) is 13.2. The van der Waals surface area contributed by atoms with Crippen LogP contribution in [0.2, 0.25) is 0 Å². The zero-order valence-corrected chi connectivity index (χ0v) is 26.4. The van der Waals surface area contributed by atoms with Crippen molar-refractivity contribution in [3.63, 3.8) is 0 Å². The average molecular weight is 625 g/mol. The third-order valence-corrected chi connectivity index (χ3v) is 8.84. The van der Waals surface area contributed by atoms with Gasteiger partial charge in [-0.15, -0.1) is 0 Å². The Hall–Kier alpha value is -4.00. The van der Waals surface area contributed by atoms with E-state index in [4.69, 9.17) is 4.74 Å². The van der Waals surface area contributed by atoms with Gasteiger partial charge in [0.1, 0.15) is 11.6 Å². The van der Waals surface area contributed by atoms with Crippen LogP contribution in [0.5, 0.6) is 0 Å². The highest BCUT2D eigenvalue weighted by molar-refractivity contribution is 6.25. The van der Waals surface area contributed by atoms with Crippen LogP contribution >= 0.6 is 0 Å². The van der Waals surface area contributed by atoms with Crippen molar-refractivity contribution in [3.05, 3.63) is 29.3 Å². The largest absolute Gasteiger partial charge is 0.444 e. The van der Waals surface area contributed by atoms with Crippen LogP contribution in [0.15, 0.2) is 18.2 Å². The van der Waals surface area contributed by atoms with Gasteiger partial charge in [0, 0.05) is 58.2 Å². The maximum atomic E-state index is 13.5. The molecule has 1 atom stereocenters. The second-order valence-electron chi connectivity index (χ2n) is 13.2. The molecule has 13 nitrogen and oxygen atoms in total. The molecule has 0 aromatic heterocycles. The molecule has 45 heavy (non-hydrogen) atoms. The van der Waals surface area contributed by atoms with Gasteiger partial charge in [-0.05, 0) is 71.6 Å². The summed E-state index contributed by atoms with van der Waals surface area (Å²) in [5.74, 6) is -1.85. The van der Waals surface area contributed by atoms with E-state index in [0.717, 1.165) is 37.4 Å². The van der Waals surface area contributed by atoms with Gasteiger partial charge >= 0.3 is 6.09 Å². The van der Waals surface area contributed by atoms with Crippen LogP contribution < -0.4 is 15.5 Å². The summed E-state index contributed by atoms with van der Waals surface area (Å²) in [5, 5.41) is 5.14. The molecule has 0 bridgehead atoms. The molecule has 1 aromatic rings. The summed E-state index contributed by atoms with van der Waals surface area (Å²) in [6, 6.07) is 4.25. The fraction of sp³-hybridized carbons (Fsp3) is 0.625. The molecule has 13 heteroatoms. The lowest BCUT2D eigenvalue weighted by atomic mass is 10.0. The summed E-state index contributed by atoms with van der Waals surface area (Å²) in [7, 11) is 0. The molecule has 4 aliphatic heterocycles. The van der Waals surface area contributed by atoms with E-state index in [1.54, 1.807) is 12.1 Å². The molecular weight excluding hydrogens is 580 g/mol. The van der Waals surface area contributed by atoms with Crippen molar-refractivity contribution < 1.29 is 33.5 Å². The van der Waals surface area contributed by atoms with Gasteiger partial charge in [0.2, 0.25) is 17.7 Å². The minimum atomic E-state index is -0.986. The fourth-order valence-electron chi connectivity index (χ4n) is 6.49. The Labute approximate surface area is 263 Å². The summed E-state index contributed by atoms with van der Waals surface area (Å²) in [6.45, 7) is 10.6. The molecule has 244 valence electrons. The van der Waals surface area contributed by atoms with Gasteiger partial charge in [0.15, 0.2) is 0 Å². The minimum Gasteiger partial charge on any atom is -0.444 e. The molecule has 2 N–H and O–H groups in total. The van der Waals surface area contributed by atoms with Crippen LogP contribution in [0.1, 0.15) is 86.4 Å². The lowest BCUT2D eigenvalue weighted by Gasteiger charge is -2.37. The lowest BCUT2D eigenvalue weighted by molar-refractivity contribution is -0.136. The van der Waals surface area contributed by atoms with Crippen molar-refractivity contribution in [1.29, 1.82) is 0 Å². The van der Waals surface area contributed by atoms with E-state index >= 15 is 0 Å². The van der Waals surface area contributed by atoms with Gasteiger partial charge in [0.25, 0.3) is 11.8 Å². The standard InChI is InChI=1S/C32H44N6O7/c1-32(2,3)45-31(44)33-21-12-15-37(16-13-21)26(40)9-4-5-14-35-17-19-36(20-18-35)23-8-6-7-22-27(23)30(43)38(29(22)42)24-10-11-25(39)34-28(24)41/h6-8,21,24H,4-5,9-20H2,1-3H3,(H,33,44)(H,34,39,41). The van der Waals surface area contributed by atoms with Crippen LogP contribution in [0, 0.1) is 0 Å². The first-order valence-corrected chi connectivity index (χ1v) is 16.0. The minimum absolute atomic E-state index is 0.0161. The normalized spacial score (nSPS) is 21.6. The van der Waals surface area contributed by atoms with Gasteiger partial charge in [-0.3, -0.25) is 39.1 Å². The van der Waals surface area contributed by atoms with Crippen molar-refractivity contribution in [1.82, 2.24) is 25.3 Å². The molecule has 0 saturated carbocycles. The van der Waals surface area contributed by atoms with Gasteiger partial charge in [0.05, 0.1) is 16.8 Å². The first-order chi connectivity index (χ1) is 21.4. The number of nitrogens with zero attached hydrogens (tertiary/aromatic N) is 4. The maximum absolute atomic E-state index is 13.5. The quantitative estimate of drug-likeness (QED) is 0.327. The molecule has 0 spiro atoms. The number of piperidine rings is 2. The fourth-order valence-corrected chi connectivity index (χ4v) is 6.49. The van der Waals surface area contributed by atoms with Gasteiger partial charge < -0.3 is 19.9 Å². The number of benzene rings is 1. The predicted molar refractivity (Wildman–Crippen MR) is 165 cm³/mol. The SMILES string of the molecule is CC(C)(C)OC(=O)NC1CCN(C(=O)CCCCN2CCN(c3cccc4c3C(=O)N(C3CCC(=O)NC3=O)C4=O)CC2)CC1. The number of rotatable bonds is 8. The maximum Gasteiger partial charge on any atom is 0.407 e. The summed E-state index contributed by atoms with van der Waals surface area (Å²) < 4.78 is 5.33. The highest BCUT2D eigenvalue weighted by Gasteiger charge is 2.46. The Kier molecular flexibility index (Phi) is 9.76. The van der Waals surface area contributed by atoms with Crippen molar-refractivity contribution >= 4 is 41.3 Å². The molecule has 1 unspecified atom stereocenters. The van der Waals surface area contributed by atoms with Crippen molar-refractivity contribution in [2.45, 2.75) is 83.4 Å². The number of carbonyl (C=O) groups excluding carboxylic acids is 6. The zero-order valence-electron chi connectivity index (χ0n) is 26.4. The monoisotopic (exact) mass is 624 g/mol. The summed E-state index contributed by atoms with van der Waals surface area (Å²) in [6.07, 6.45) is 3.43. The number of piperazine rings is 1. The highest BCUT2D eigenvalue weighted by Crippen LogP contribution is 2.34. The number of unbranched alkanes of at least 4 members (excludes halogenated alkanes) is 1. The van der Waals surface area contributed by atoms with E-state index in [-0.39, 0.29) is 30.4 Å². The Bertz CT molecular complexity index is 1340. The number of carbonyl (C=O) groups is 6. The van der Waals surface area contributed by atoms with Gasteiger partial charge in [-0.1, -0.05) is 6.07 Å². The second kappa shape index (κ2) is 13.6. The first-order valence-electron chi connectivity index (χ1n) is 16.0. The third-order valence-electron chi connectivity index (χ3n) is 8.84. The molecule has 0 radical (unpaired) electrons. The first kappa shape index (κ1) is 32.4. The third kappa shape index (κ3) is 7.63.